The van der Waals surface area contributed by atoms with Crippen LogP contribution in [0, 0.1) is 0 Å². The fraction of sp³-hybridized carbons (Fsp3) is 0.0476. The molecule has 0 radical (unpaired) electrons. The molecule has 10 heteroatoms. The Morgan fingerprint density at radius 3 is 2.39 bits per heavy atom. The number of carbonyl (C=O) groups is 1. The van der Waals surface area contributed by atoms with E-state index in [2.05, 4.69) is 10.1 Å². The Hall–Kier alpha value is -3.62. The number of benzene rings is 2. The van der Waals surface area contributed by atoms with Crippen molar-refractivity contribution in [3.8, 4) is 11.6 Å². The highest BCUT2D eigenvalue weighted by atomic mass is 35.5. The average molecular weight is 457 g/mol. The predicted molar refractivity (Wildman–Crippen MR) is 119 cm³/mol. The normalized spacial score (nSPS) is 14.9. The lowest BCUT2D eigenvalue weighted by Crippen LogP contribution is -2.30. The van der Waals surface area contributed by atoms with Crippen molar-refractivity contribution < 1.29 is 9.90 Å². The Morgan fingerprint density at radius 2 is 1.71 bits per heavy atom. The second-order valence-electron chi connectivity index (χ2n) is 6.65. The number of aromatic nitrogens is 2. The summed E-state index contributed by atoms with van der Waals surface area (Å²) in [6.45, 7) is 1.60. The molecular formula is C21H14Cl2N4O4. The topological polar surface area (TPSA) is 108 Å². The van der Waals surface area contributed by atoms with E-state index in [9.17, 15) is 19.5 Å². The van der Waals surface area contributed by atoms with Gasteiger partial charge < -0.3 is 5.11 Å². The van der Waals surface area contributed by atoms with Crippen LogP contribution in [0.4, 0.5) is 5.69 Å². The monoisotopic (exact) mass is 456 g/mol. The fourth-order valence-corrected chi connectivity index (χ4v) is 3.42. The second-order valence-corrected chi connectivity index (χ2v) is 7.52. The van der Waals surface area contributed by atoms with Crippen molar-refractivity contribution in [2.45, 2.75) is 6.92 Å². The first-order chi connectivity index (χ1) is 14.8. The molecule has 4 rings (SSSR count). The molecule has 8 nitrogen and oxygen atoms in total. The molecule has 2 aromatic carbocycles. The molecule has 0 fully saturated rings. The average Bonchev–Trinajstić information content (AvgIpc) is 2.99. The second kappa shape index (κ2) is 7.90. The minimum Gasteiger partial charge on any atom is -0.494 e. The number of nitrogens with zero attached hydrogens (tertiary/aromatic N) is 3. The summed E-state index contributed by atoms with van der Waals surface area (Å²) < 4.78 is 0.891. The standard InChI is InChI=1S/C21H14Cl2N4O4/c1-11-16(20(30)27(25-11)14-7-5-12(22)6-8-14)10-17-18(28)24-21(31)26(19(17)29)15-4-2-3-13(23)9-15/h2-10,29H,1H3,(H,24,28,31)/b16-10-. The van der Waals surface area contributed by atoms with Crippen molar-refractivity contribution in [2.75, 3.05) is 5.01 Å². The Labute approximate surface area is 185 Å². The van der Waals surface area contributed by atoms with Gasteiger partial charge in [-0.15, -0.1) is 0 Å². The molecule has 31 heavy (non-hydrogen) atoms. The van der Waals surface area contributed by atoms with Crippen molar-refractivity contribution in [1.29, 1.82) is 0 Å². The number of halogens is 2. The molecule has 0 unspecified atom stereocenters. The number of anilines is 1. The van der Waals surface area contributed by atoms with Gasteiger partial charge in [-0.25, -0.2) is 9.36 Å². The van der Waals surface area contributed by atoms with E-state index >= 15 is 0 Å². The van der Waals surface area contributed by atoms with Gasteiger partial charge in [0.2, 0.25) is 5.88 Å². The van der Waals surface area contributed by atoms with Gasteiger partial charge in [0, 0.05) is 10.0 Å². The number of aromatic amines is 1. The van der Waals surface area contributed by atoms with Crippen molar-refractivity contribution in [3.63, 3.8) is 0 Å². The van der Waals surface area contributed by atoms with Gasteiger partial charge in [-0.1, -0.05) is 29.3 Å². The van der Waals surface area contributed by atoms with Gasteiger partial charge in [-0.05, 0) is 55.5 Å². The van der Waals surface area contributed by atoms with E-state index in [4.69, 9.17) is 23.2 Å². The highest BCUT2D eigenvalue weighted by Crippen LogP contribution is 2.27. The molecule has 156 valence electrons. The summed E-state index contributed by atoms with van der Waals surface area (Å²) in [4.78, 5) is 39.8. The third kappa shape index (κ3) is 3.78. The summed E-state index contributed by atoms with van der Waals surface area (Å²) in [5.41, 5.74) is -0.811. The van der Waals surface area contributed by atoms with E-state index in [1.807, 2.05) is 0 Å². The van der Waals surface area contributed by atoms with Crippen LogP contribution in [0.3, 0.4) is 0 Å². The van der Waals surface area contributed by atoms with Crippen LogP contribution in [0.25, 0.3) is 11.8 Å². The number of nitrogens with one attached hydrogen (secondary N) is 1. The van der Waals surface area contributed by atoms with Crippen LogP contribution in [0.1, 0.15) is 12.5 Å². The predicted octanol–water partition coefficient (Wildman–Crippen LogP) is 3.34. The number of hydrogen-bond donors (Lipinski definition) is 2. The quantitative estimate of drug-likeness (QED) is 0.589. The van der Waals surface area contributed by atoms with Gasteiger partial charge in [-0.2, -0.15) is 10.1 Å². The van der Waals surface area contributed by atoms with Crippen molar-refractivity contribution in [3.05, 3.63) is 90.6 Å². The maximum Gasteiger partial charge on any atom is 0.335 e. The SMILES string of the molecule is CC1=NN(c2ccc(Cl)cc2)C(=O)/C1=C\c1c(O)n(-c2cccc(Cl)c2)c(=O)[nH]c1=O. The molecule has 2 N–H and O–H groups in total. The molecule has 1 aliphatic rings. The van der Waals surface area contributed by atoms with E-state index in [0.717, 1.165) is 9.58 Å². The van der Waals surface area contributed by atoms with Gasteiger partial charge >= 0.3 is 5.69 Å². The van der Waals surface area contributed by atoms with Crippen molar-refractivity contribution in [2.24, 2.45) is 5.10 Å². The molecule has 0 saturated heterocycles. The number of hydrogen-bond acceptors (Lipinski definition) is 5. The lowest BCUT2D eigenvalue weighted by molar-refractivity contribution is -0.114. The van der Waals surface area contributed by atoms with Gasteiger partial charge in [0.1, 0.15) is 5.56 Å². The summed E-state index contributed by atoms with van der Waals surface area (Å²) in [7, 11) is 0. The molecule has 1 aromatic heterocycles. The van der Waals surface area contributed by atoms with Gasteiger partial charge in [0.15, 0.2) is 0 Å². The summed E-state index contributed by atoms with van der Waals surface area (Å²) in [5.74, 6) is -1.13. The van der Waals surface area contributed by atoms with E-state index < -0.39 is 23.0 Å². The highest BCUT2D eigenvalue weighted by Gasteiger charge is 2.29. The zero-order chi connectivity index (χ0) is 22.3. The molecule has 0 bridgehead atoms. The molecule has 0 atom stereocenters. The Morgan fingerprint density at radius 1 is 1.00 bits per heavy atom. The maximum atomic E-state index is 12.9. The third-order valence-corrected chi connectivity index (χ3v) is 5.10. The van der Waals surface area contributed by atoms with Crippen LogP contribution in [-0.4, -0.2) is 26.3 Å². The molecule has 3 aromatic rings. The van der Waals surface area contributed by atoms with Crippen LogP contribution in [0.15, 0.2) is 68.8 Å². The maximum absolute atomic E-state index is 12.9. The zero-order valence-corrected chi connectivity index (χ0v) is 17.5. The summed E-state index contributed by atoms with van der Waals surface area (Å²) in [6, 6.07) is 12.7. The Kier molecular flexibility index (Phi) is 5.26. The molecule has 2 heterocycles. The summed E-state index contributed by atoms with van der Waals surface area (Å²) in [5, 5.41) is 16.9. The minimum atomic E-state index is -0.849. The lowest BCUT2D eigenvalue weighted by Gasteiger charge is -2.12. The van der Waals surface area contributed by atoms with Crippen LogP contribution >= 0.6 is 23.2 Å². The van der Waals surface area contributed by atoms with E-state index in [-0.39, 0.29) is 16.8 Å². The number of aromatic hydroxyl groups is 1. The molecule has 0 saturated carbocycles. The number of rotatable bonds is 3. The molecule has 0 aliphatic carbocycles. The first-order valence-electron chi connectivity index (χ1n) is 8.98. The van der Waals surface area contributed by atoms with Crippen molar-refractivity contribution in [1.82, 2.24) is 9.55 Å². The van der Waals surface area contributed by atoms with E-state index in [1.165, 1.54) is 18.2 Å². The first-order valence-corrected chi connectivity index (χ1v) is 9.73. The summed E-state index contributed by atoms with van der Waals surface area (Å²) >= 11 is 11.9. The van der Waals surface area contributed by atoms with Crippen molar-refractivity contribution >= 4 is 46.6 Å². The van der Waals surface area contributed by atoms with E-state index in [1.54, 1.807) is 43.3 Å². The lowest BCUT2D eigenvalue weighted by atomic mass is 10.1. The van der Waals surface area contributed by atoms with Gasteiger partial charge in [0.25, 0.3) is 11.5 Å². The zero-order valence-electron chi connectivity index (χ0n) is 16.0. The number of amides is 1. The summed E-state index contributed by atoms with van der Waals surface area (Å²) in [6.07, 6.45) is 1.20. The molecule has 1 aliphatic heterocycles. The van der Waals surface area contributed by atoms with Crippen LogP contribution in [-0.2, 0) is 4.79 Å². The highest BCUT2D eigenvalue weighted by molar-refractivity contribution is 6.33. The van der Waals surface area contributed by atoms with Crippen LogP contribution in [0.2, 0.25) is 10.0 Å². The number of carbonyl (C=O) groups excluding carboxylic acids is 1. The van der Waals surface area contributed by atoms with Crippen LogP contribution < -0.4 is 16.3 Å². The molecular weight excluding hydrogens is 443 g/mol. The first kappa shape index (κ1) is 20.6. The molecule has 0 spiro atoms. The third-order valence-electron chi connectivity index (χ3n) is 4.61. The van der Waals surface area contributed by atoms with Gasteiger partial charge in [0.05, 0.1) is 22.7 Å². The fourth-order valence-electron chi connectivity index (χ4n) is 3.11. The van der Waals surface area contributed by atoms with Gasteiger partial charge in [-0.3, -0.25) is 14.6 Å². The van der Waals surface area contributed by atoms with E-state index in [0.29, 0.717) is 21.4 Å². The number of hydrazone groups is 1. The molecule has 1 amide bonds. The smallest absolute Gasteiger partial charge is 0.335 e. The Bertz CT molecular complexity index is 1390. The Balaban J connectivity index is 1.82. The largest absolute Gasteiger partial charge is 0.494 e. The van der Waals surface area contributed by atoms with Crippen LogP contribution in [0.5, 0.6) is 5.88 Å². The number of H-pyrrole nitrogens is 1. The minimum absolute atomic E-state index is 0.0899.